The lowest BCUT2D eigenvalue weighted by Crippen LogP contribution is -2.61. The van der Waals surface area contributed by atoms with E-state index in [1.54, 1.807) is 6.08 Å². The van der Waals surface area contributed by atoms with Crippen LogP contribution in [0.15, 0.2) is 122 Å². The van der Waals surface area contributed by atoms with E-state index in [9.17, 15) is 35.1 Å². The Hall–Kier alpha value is -3.94. The molecule has 1 aliphatic rings. The van der Waals surface area contributed by atoms with Crippen molar-refractivity contribution in [1.82, 2.24) is 5.32 Å². The lowest BCUT2D eigenvalue weighted by molar-refractivity contribution is -0.305. The molecule has 0 saturated carbocycles. The number of allylic oxidation sites excluding steroid dienone is 19. The van der Waals surface area contributed by atoms with Gasteiger partial charge in [-0.05, 0) is 116 Å². The average Bonchev–Trinajstić information content (AvgIpc) is 1.18. The van der Waals surface area contributed by atoms with Crippen LogP contribution in [0.3, 0.4) is 0 Å². The number of rotatable bonds is 62. The van der Waals surface area contributed by atoms with Gasteiger partial charge in [0.05, 0.1) is 25.4 Å². The molecule has 0 aliphatic carbocycles. The number of unbranched alkanes of at least 4 members (excludes halogenated alkanes) is 30. The molecule has 0 aromatic carbocycles. The van der Waals surface area contributed by atoms with Gasteiger partial charge in [0.25, 0.3) is 0 Å². The maximum atomic E-state index is 13.5. The van der Waals surface area contributed by atoms with Gasteiger partial charge in [-0.15, -0.1) is 0 Å². The van der Waals surface area contributed by atoms with Gasteiger partial charge in [0, 0.05) is 6.42 Å². The molecule has 1 aliphatic heterocycles. The smallest absolute Gasteiger partial charge is 0.306 e. The molecule has 0 bridgehead atoms. The van der Waals surface area contributed by atoms with E-state index in [-0.39, 0.29) is 19.4 Å². The zero-order valence-electron chi connectivity index (χ0n) is 57.5. The molecular weight excluding hydrogens is 1120 g/mol. The molecule has 11 nitrogen and oxygen atoms in total. The molecular formula is C79H135NO10. The van der Waals surface area contributed by atoms with Crippen molar-refractivity contribution in [1.29, 1.82) is 0 Å². The molecule has 0 spiro atoms. The number of carbonyl (C=O) groups excluding carboxylic acids is 2. The average molecular weight is 1260 g/mol. The fourth-order valence-electron chi connectivity index (χ4n) is 10.8. The van der Waals surface area contributed by atoms with Gasteiger partial charge in [-0.3, -0.25) is 9.59 Å². The maximum absolute atomic E-state index is 13.5. The summed E-state index contributed by atoms with van der Waals surface area (Å²) in [4.78, 5) is 26.7. The molecule has 0 aromatic rings. The molecule has 6 N–H and O–H groups in total. The van der Waals surface area contributed by atoms with E-state index in [0.29, 0.717) is 12.8 Å². The monoisotopic (exact) mass is 1260 g/mol. The second-order valence-electron chi connectivity index (χ2n) is 24.9. The Morgan fingerprint density at radius 3 is 1.22 bits per heavy atom. The van der Waals surface area contributed by atoms with Crippen molar-refractivity contribution in [2.75, 3.05) is 13.2 Å². The summed E-state index contributed by atoms with van der Waals surface area (Å²) >= 11 is 0. The second kappa shape index (κ2) is 65.1. The summed E-state index contributed by atoms with van der Waals surface area (Å²) in [5.74, 6) is -1.21. The van der Waals surface area contributed by atoms with E-state index >= 15 is 0 Å². The van der Waals surface area contributed by atoms with Crippen molar-refractivity contribution in [3.8, 4) is 0 Å². The quantitative estimate of drug-likeness (QED) is 0.0195. The molecule has 11 heteroatoms. The Morgan fingerprint density at radius 2 is 0.800 bits per heavy atom. The number of hydrogen-bond acceptors (Lipinski definition) is 10. The minimum Gasteiger partial charge on any atom is -0.454 e. The van der Waals surface area contributed by atoms with Crippen LogP contribution in [0.25, 0.3) is 0 Å². The number of carbonyl (C=O) groups is 2. The van der Waals surface area contributed by atoms with Crippen LogP contribution >= 0.6 is 0 Å². The molecule has 516 valence electrons. The summed E-state index contributed by atoms with van der Waals surface area (Å²) in [7, 11) is 0. The minimum atomic E-state index is -1.63. The van der Waals surface area contributed by atoms with Crippen LogP contribution in [-0.4, -0.2) is 99.6 Å². The first-order chi connectivity index (χ1) is 44.2. The Kier molecular flexibility index (Phi) is 60.8. The zero-order chi connectivity index (χ0) is 65.3. The van der Waals surface area contributed by atoms with Gasteiger partial charge in [0.2, 0.25) is 5.91 Å². The Labute approximate surface area is 550 Å². The standard InChI is InChI=1S/C79H135NO10/c1-4-7-10-13-16-19-22-25-27-29-31-33-35-37-39-41-43-45-47-49-52-55-58-61-64-67-74(84)90-77-76(86)75(85)73(68-81)89-79(77)88-69-70(71(82)65-62-59-56-53-50-24-21-18-15-12-9-6-3)80-78(87)72(83)66-63-60-57-54-51-48-46-44-42-40-38-36-34-32-30-28-26-23-20-17-14-11-8-5-2/h7,10,16-17,19-20,25-28,31-34,37,39,43,45,62,65,70-73,75-77,79,81-83,85-86H,4-6,8-9,11-15,18,21-24,29-30,35-36,38,40-42,44,46-61,63-64,66-69H2,1-3H3,(H,80,87)/b10-7-,19-16-,20-17-,27-25-,28-26-,33-31-,34-32-,39-37-,45-43-,65-62+. The van der Waals surface area contributed by atoms with Crippen molar-refractivity contribution in [2.45, 2.75) is 352 Å². The van der Waals surface area contributed by atoms with E-state index in [1.807, 2.05) is 6.08 Å². The van der Waals surface area contributed by atoms with Crippen LogP contribution in [0.4, 0.5) is 0 Å². The van der Waals surface area contributed by atoms with Crippen LogP contribution in [-0.2, 0) is 23.8 Å². The largest absolute Gasteiger partial charge is 0.454 e. The normalized spacial score (nSPS) is 18.8. The summed E-state index contributed by atoms with van der Waals surface area (Å²) in [5, 5.41) is 57.3. The number of hydrogen-bond donors (Lipinski definition) is 6. The highest BCUT2D eigenvalue weighted by Crippen LogP contribution is 2.26. The van der Waals surface area contributed by atoms with Gasteiger partial charge in [0.1, 0.15) is 24.4 Å². The highest BCUT2D eigenvalue weighted by molar-refractivity contribution is 5.80. The van der Waals surface area contributed by atoms with Crippen LogP contribution in [0.1, 0.15) is 303 Å². The van der Waals surface area contributed by atoms with E-state index in [1.165, 1.54) is 122 Å². The first-order valence-corrected chi connectivity index (χ1v) is 36.8. The van der Waals surface area contributed by atoms with Gasteiger partial charge in [-0.1, -0.05) is 303 Å². The summed E-state index contributed by atoms with van der Waals surface area (Å²) in [6.45, 7) is 5.66. The highest BCUT2D eigenvalue weighted by atomic mass is 16.7. The van der Waals surface area contributed by atoms with Crippen molar-refractivity contribution < 1.29 is 49.3 Å². The molecule has 8 unspecified atom stereocenters. The number of aliphatic hydroxyl groups excluding tert-OH is 5. The van der Waals surface area contributed by atoms with Crippen LogP contribution in [0.5, 0.6) is 0 Å². The molecule has 1 amide bonds. The number of esters is 1. The number of aliphatic hydroxyl groups is 5. The van der Waals surface area contributed by atoms with Crippen molar-refractivity contribution >= 4 is 11.9 Å². The first kappa shape index (κ1) is 84.1. The summed E-state index contributed by atoms with van der Waals surface area (Å²) < 4.78 is 17.7. The highest BCUT2D eigenvalue weighted by Gasteiger charge is 2.47. The van der Waals surface area contributed by atoms with Gasteiger partial charge < -0.3 is 45.1 Å². The van der Waals surface area contributed by atoms with Gasteiger partial charge in [0.15, 0.2) is 12.4 Å². The van der Waals surface area contributed by atoms with Crippen molar-refractivity contribution in [2.24, 2.45) is 0 Å². The summed E-state index contributed by atoms with van der Waals surface area (Å²) in [6.07, 6.45) is 80.9. The zero-order valence-corrected chi connectivity index (χ0v) is 57.5. The molecule has 8 atom stereocenters. The number of nitrogens with one attached hydrogen (secondary N) is 1. The third-order valence-electron chi connectivity index (χ3n) is 16.6. The number of ether oxygens (including phenoxy) is 3. The van der Waals surface area contributed by atoms with Crippen molar-refractivity contribution in [3.63, 3.8) is 0 Å². The van der Waals surface area contributed by atoms with Crippen LogP contribution < -0.4 is 5.32 Å². The van der Waals surface area contributed by atoms with Gasteiger partial charge in [-0.25, -0.2) is 0 Å². The van der Waals surface area contributed by atoms with Crippen LogP contribution in [0, 0.1) is 0 Å². The third kappa shape index (κ3) is 51.6. The maximum Gasteiger partial charge on any atom is 0.306 e. The second-order valence-corrected chi connectivity index (χ2v) is 24.9. The Bertz CT molecular complexity index is 1930. The fraction of sp³-hybridized carbons (Fsp3) is 0.722. The molecule has 1 rings (SSSR count). The summed E-state index contributed by atoms with van der Waals surface area (Å²) in [6, 6.07) is -1.04. The molecule has 1 heterocycles. The summed E-state index contributed by atoms with van der Waals surface area (Å²) in [5.41, 5.74) is 0. The van der Waals surface area contributed by atoms with Gasteiger partial charge in [-0.2, -0.15) is 0 Å². The molecule has 1 fully saturated rings. The molecule has 1 saturated heterocycles. The first-order valence-electron chi connectivity index (χ1n) is 36.8. The third-order valence-corrected chi connectivity index (χ3v) is 16.6. The van der Waals surface area contributed by atoms with Gasteiger partial charge >= 0.3 is 5.97 Å². The topological polar surface area (TPSA) is 175 Å². The molecule has 90 heavy (non-hydrogen) atoms. The molecule has 0 aromatic heterocycles. The fourth-order valence-corrected chi connectivity index (χ4v) is 10.8. The predicted molar refractivity (Wildman–Crippen MR) is 379 cm³/mol. The number of amides is 1. The van der Waals surface area contributed by atoms with E-state index in [0.717, 1.165) is 135 Å². The SMILES string of the molecule is CC/C=C\C/C=C\C/C=C\C/C=C\C/C=C\C/C=C\CCCCCCCCC(=O)OC1C(OCC(NC(=O)C(O)CCCCCCCCCCCCC/C=C\C/C=C\C/C=C\CCCCC)C(O)/C=C/CCCCCCCCCCCC)OC(CO)C(O)C1O. The van der Waals surface area contributed by atoms with E-state index < -0.39 is 67.4 Å². The van der Waals surface area contributed by atoms with E-state index in [2.05, 4.69) is 135 Å². The van der Waals surface area contributed by atoms with E-state index in [4.69, 9.17) is 14.2 Å². The lowest BCUT2D eigenvalue weighted by Gasteiger charge is -2.41. The van der Waals surface area contributed by atoms with Crippen LogP contribution in [0.2, 0.25) is 0 Å². The minimum absolute atomic E-state index is 0.100. The Morgan fingerprint density at radius 1 is 0.444 bits per heavy atom. The Balaban J connectivity index is 2.58. The predicted octanol–water partition coefficient (Wildman–Crippen LogP) is 19.3. The molecule has 0 radical (unpaired) electrons. The van der Waals surface area contributed by atoms with Crippen molar-refractivity contribution in [3.05, 3.63) is 122 Å². The lowest BCUT2D eigenvalue weighted by atomic mass is 9.99.